The number of amides is 3. The van der Waals surface area contributed by atoms with E-state index in [1.165, 1.54) is 11.0 Å². The monoisotopic (exact) mass is 541 g/mol. The number of hydrogen-bond donors (Lipinski definition) is 2. The van der Waals surface area contributed by atoms with Crippen LogP contribution in [0.1, 0.15) is 50.3 Å². The van der Waals surface area contributed by atoms with Gasteiger partial charge in [0.25, 0.3) is 0 Å². The number of benzene rings is 3. The van der Waals surface area contributed by atoms with Crippen LogP contribution in [0.2, 0.25) is 0 Å². The van der Waals surface area contributed by atoms with E-state index in [1.54, 1.807) is 40.9 Å². The van der Waals surface area contributed by atoms with Crippen LogP contribution in [0, 0.1) is 0 Å². The maximum absolute atomic E-state index is 13.7. The van der Waals surface area contributed by atoms with Gasteiger partial charge in [-0.25, -0.2) is 4.79 Å². The van der Waals surface area contributed by atoms with Crippen molar-refractivity contribution < 1.29 is 19.1 Å². The fourth-order valence-electron chi connectivity index (χ4n) is 4.36. The average Bonchev–Trinajstić information content (AvgIpc) is 2.93. The van der Waals surface area contributed by atoms with E-state index in [0.717, 1.165) is 16.7 Å². The third kappa shape index (κ3) is 8.30. The lowest BCUT2D eigenvalue weighted by atomic mass is 9.77. The SMILES string of the molecule is CN(C)C(=O)/C=C/[C@H](CCC(=O)NC(c1ccccc1)(c1ccccc1)c1ccccc1)NC(=O)OC(C)(C)C. The Morgan fingerprint density at radius 3 is 1.65 bits per heavy atom. The topological polar surface area (TPSA) is 87.7 Å². The quantitative estimate of drug-likeness (QED) is 0.265. The Balaban J connectivity index is 1.91. The molecule has 0 aliphatic rings. The van der Waals surface area contributed by atoms with E-state index >= 15 is 0 Å². The molecule has 0 spiro atoms. The Hall–Kier alpha value is -4.39. The fourth-order valence-corrected chi connectivity index (χ4v) is 4.36. The molecular weight excluding hydrogens is 502 g/mol. The predicted molar refractivity (Wildman–Crippen MR) is 158 cm³/mol. The van der Waals surface area contributed by atoms with Crippen molar-refractivity contribution >= 4 is 17.9 Å². The Labute approximate surface area is 237 Å². The van der Waals surface area contributed by atoms with Crippen LogP contribution >= 0.6 is 0 Å². The van der Waals surface area contributed by atoms with Crippen molar-refractivity contribution in [2.45, 2.75) is 50.8 Å². The van der Waals surface area contributed by atoms with Crippen LogP contribution in [0.3, 0.4) is 0 Å². The smallest absolute Gasteiger partial charge is 0.408 e. The Kier molecular flexibility index (Phi) is 10.3. The van der Waals surface area contributed by atoms with Gasteiger partial charge >= 0.3 is 6.09 Å². The number of carbonyl (C=O) groups is 3. The molecule has 3 amide bonds. The highest BCUT2D eigenvalue weighted by Gasteiger charge is 2.37. The summed E-state index contributed by atoms with van der Waals surface area (Å²) in [6.45, 7) is 5.32. The summed E-state index contributed by atoms with van der Waals surface area (Å²) in [7, 11) is 3.29. The second-order valence-electron chi connectivity index (χ2n) is 10.8. The first-order valence-corrected chi connectivity index (χ1v) is 13.4. The van der Waals surface area contributed by atoms with E-state index in [2.05, 4.69) is 10.6 Å². The molecule has 0 aromatic heterocycles. The van der Waals surface area contributed by atoms with E-state index in [9.17, 15) is 14.4 Å². The number of nitrogens with zero attached hydrogens (tertiary/aromatic N) is 1. The van der Waals surface area contributed by atoms with Crippen molar-refractivity contribution in [1.82, 2.24) is 15.5 Å². The summed E-state index contributed by atoms with van der Waals surface area (Å²) in [6.07, 6.45) is 2.72. The van der Waals surface area contributed by atoms with Gasteiger partial charge in [-0.2, -0.15) is 0 Å². The molecule has 0 heterocycles. The van der Waals surface area contributed by atoms with Crippen LogP contribution in [-0.4, -0.2) is 48.5 Å². The normalized spacial score (nSPS) is 12.4. The van der Waals surface area contributed by atoms with Gasteiger partial charge in [-0.15, -0.1) is 0 Å². The third-order valence-electron chi connectivity index (χ3n) is 6.24. The molecular formula is C33H39N3O4. The van der Waals surface area contributed by atoms with E-state index in [1.807, 2.05) is 91.0 Å². The highest BCUT2D eigenvalue weighted by molar-refractivity contribution is 5.87. The lowest BCUT2D eigenvalue weighted by Gasteiger charge is -2.37. The first-order chi connectivity index (χ1) is 19.0. The number of carbonyl (C=O) groups excluding carboxylic acids is 3. The number of hydrogen-bond acceptors (Lipinski definition) is 4. The first kappa shape index (κ1) is 30.2. The maximum Gasteiger partial charge on any atom is 0.408 e. The Morgan fingerprint density at radius 1 is 0.800 bits per heavy atom. The summed E-state index contributed by atoms with van der Waals surface area (Å²) in [4.78, 5) is 39.8. The molecule has 0 aliphatic heterocycles. The van der Waals surface area contributed by atoms with Gasteiger partial charge in [0.05, 0.1) is 6.04 Å². The van der Waals surface area contributed by atoms with Crippen LogP contribution < -0.4 is 10.6 Å². The summed E-state index contributed by atoms with van der Waals surface area (Å²) >= 11 is 0. The maximum atomic E-state index is 13.7. The molecule has 210 valence electrons. The molecule has 40 heavy (non-hydrogen) atoms. The highest BCUT2D eigenvalue weighted by atomic mass is 16.6. The Morgan fingerprint density at radius 2 is 1.25 bits per heavy atom. The van der Waals surface area contributed by atoms with E-state index in [4.69, 9.17) is 4.74 Å². The van der Waals surface area contributed by atoms with Gasteiger partial charge in [-0.05, 0) is 43.9 Å². The van der Waals surface area contributed by atoms with Crippen LogP contribution in [0.5, 0.6) is 0 Å². The van der Waals surface area contributed by atoms with Gasteiger partial charge < -0.3 is 20.3 Å². The van der Waals surface area contributed by atoms with Gasteiger partial charge in [0.1, 0.15) is 11.1 Å². The number of nitrogens with one attached hydrogen (secondary N) is 2. The van der Waals surface area contributed by atoms with Crippen molar-refractivity contribution in [2.75, 3.05) is 14.1 Å². The zero-order valence-electron chi connectivity index (χ0n) is 23.9. The molecule has 0 fully saturated rings. The molecule has 3 aromatic carbocycles. The number of ether oxygens (including phenoxy) is 1. The standard InChI is InChI=1S/C33H39N3O4/c1-32(2,3)40-31(39)34-28(22-24-30(38)36(4)5)21-23-29(37)35-33(25-15-9-6-10-16-25,26-17-11-7-12-18-26)27-19-13-8-14-20-27/h6-20,22,24,28H,21,23H2,1-5H3,(H,34,39)(H,35,37)/b24-22+/t28-/m0/s1. The van der Waals surface area contributed by atoms with Crippen LogP contribution in [0.15, 0.2) is 103 Å². The van der Waals surface area contributed by atoms with Crippen LogP contribution in [0.4, 0.5) is 4.79 Å². The van der Waals surface area contributed by atoms with Crippen molar-refractivity contribution in [3.63, 3.8) is 0 Å². The van der Waals surface area contributed by atoms with Gasteiger partial charge in [-0.1, -0.05) is 97.1 Å². The van der Waals surface area contributed by atoms with E-state index in [-0.39, 0.29) is 24.7 Å². The lowest BCUT2D eigenvalue weighted by Crippen LogP contribution is -2.48. The zero-order valence-corrected chi connectivity index (χ0v) is 23.9. The van der Waals surface area contributed by atoms with Crippen LogP contribution in [0.25, 0.3) is 0 Å². The van der Waals surface area contributed by atoms with E-state index in [0.29, 0.717) is 0 Å². The summed E-state index contributed by atoms with van der Waals surface area (Å²) in [6, 6.07) is 29.0. The molecule has 0 unspecified atom stereocenters. The summed E-state index contributed by atoms with van der Waals surface area (Å²) in [5.41, 5.74) is 1.13. The molecule has 3 rings (SSSR count). The molecule has 3 aromatic rings. The first-order valence-electron chi connectivity index (χ1n) is 13.4. The molecule has 0 radical (unpaired) electrons. The van der Waals surface area contributed by atoms with Crippen LogP contribution in [-0.2, 0) is 19.9 Å². The lowest BCUT2D eigenvalue weighted by molar-refractivity contribution is -0.123. The van der Waals surface area contributed by atoms with Gasteiger partial charge in [0.2, 0.25) is 11.8 Å². The average molecular weight is 542 g/mol. The van der Waals surface area contributed by atoms with Gasteiger partial charge in [-0.3, -0.25) is 9.59 Å². The number of alkyl carbamates (subject to hydrolysis) is 1. The van der Waals surface area contributed by atoms with Crippen molar-refractivity contribution in [3.05, 3.63) is 120 Å². The highest BCUT2D eigenvalue weighted by Crippen LogP contribution is 2.36. The van der Waals surface area contributed by atoms with Crippen molar-refractivity contribution in [1.29, 1.82) is 0 Å². The van der Waals surface area contributed by atoms with E-state index < -0.39 is 23.3 Å². The number of likely N-dealkylation sites (N-methyl/N-ethyl adjacent to an activating group) is 1. The summed E-state index contributed by atoms with van der Waals surface area (Å²) < 4.78 is 5.40. The summed E-state index contributed by atoms with van der Waals surface area (Å²) in [5, 5.41) is 6.11. The second-order valence-corrected chi connectivity index (χ2v) is 10.8. The second kappa shape index (κ2) is 13.6. The molecule has 7 heteroatoms. The molecule has 0 bridgehead atoms. The third-order valence-corrected chi connectivity index (χ3v) is 6.24. The minimum absolute atomic E-state index is 0.0925. The molecule has 7 nitrogen and oxygen atoms in total. The number of rotatable bonds is 10. The summed E-state index contributed by atoms with van der Waals surface area (Å²) in [5.74, 6) is -0.434. The minimum atomic E-state index is -0.939. The van der Waals surface area contributed by atoms with Crippen molar-refractivity contribution in [3.8, 4) is 0 Å². The molecule has 0 saturated heterocycles. The Bertz CT molecular complexity index is 1190. The molecule has 0 saturated carbocycles. The molecule has 0 aliphatic carbocycles. The molecule has 2 N–H and O–H groups in total. The zero-order chi connectivity index (χ0) is 29.2. The van der Waals surface area contributed by atoms with Gasteiger partial charge in [0, 0.05) is 26.6 Å². The fraction of sp³-hybridized carbons (Fsp3) is 0.303. The largest absolute Gasteiger partial charge is 0.444 e. The minimum Gasteiger partial charge on any atom is -0.444 e. The predicted octanol–water partition coefficient (Wildman–Crippen LogP) is 5.41. The van der Waals surface area contributed by atoms with Crippen molar-refractivity contribution in [2.24, 2.45) is 0 Å². The van der Waals surface area contributed by atoms with Gasteiger partial charge in [0.15, 0.2) is 0 Å². The molecule has 1 atom stereocenters.